The summed E-state index contributed by atoms with van der Waals surface area (Å²) >= 11 is 6.96. The van der Waals surface area contributed by atoms with Crippen LogP contribution in [0.3, 0.4) is 0 Å². The summed E-state index contributed by atoms with van der Waals surface area (Å²) in [7, 11) is -1.12. The van der Waals surface area contributed by atoms with Crippen LogP contribution in [0, 0.1) is 6.92 Å². The van der Waals surface area contributed by atoms with Crippen LogP contribution in [0.25, 0.3) is 0 Å². The molecule has 0 saturated heterocycles. The number of aromatic nitrogens is 2. The van der Waals surface area contributed by atoms with E-state index in [1.54, 1.807) is 31.2 Å². The number of H-pyrrole nitrogens is 1. The number of ether oxygens (including phenoxy) is 2. The molecule has 3 rings (SSSR count). The Morgan fingerprint density at radius 1 is 1.15 bits per heavy atom. The van der Waals surface area contributed by atoms with E-state index in [4.69, 9.17) is 21.1 Å². The number of carbonyl (C=O) groups is 1. The van der Waals surface area contributed by atoms with E-state index in [2.05, 4.69) is 15.3 Å². The molecule has 0 spiro atoms. The van der Waals surface area contributed by atoms with E-state index in [1.807, 2.05) is 0 Å². The standard InChI is InChI=1S/C21H20ClN3O6S2/c1-12-4-6-14(9-15(12)22)33(28,29)18-10-23-21(25-20(18)27)32-11-19(26)24-13-5-7-16(30-2)17(8-13)31-3/h4-10H,11H2,1-3H3,(H,24,26)(H,23,25,27). The van der Waals surface area contributed by atoms with E-state index in [9.17, 15) is 18.0 Å². The summed E-state index contributed by atoms with van der Waals surface area (Å²) in [4.78, 5) is 30.4. The average Bonchev–Trinajstić information content (AvgIpc) is 2.79. The van der Waals surface area contributed by atoms with Gasteiger partial charge in [0.15, 0.2) is 21.6 Å². The fourth-order valence-electron chi connectivity index (χ4n) is 2.74. The topological polar surface area (TPSA) is 127 Å². The van der Waals surface area contributed by atoms with E-state index in [0.717, 1.165) is 18.0 Å². The van der Waals surface area contributed by atoms with Gasteiger partial charge in [0, 0.05) is 16.8 Å². The predicted octanol–water partition coefficient (Wildman–Crippen LogP) is 3.31. The number of benzene rings is 2. The maximum absolute atomic E-state index is 12.8. The first-order chi connectivity index (χ1) is 15.6. The van der Waals surface area contributed by atoms with Crippen LogP contribution in [-0.4, -0.2) is 44.3 Å². The molecule has 33 heavy (non-hydrogen) atoms. The molecular formula is C21H20ClN3O6S2. The Balaban J connectivity index is 1.70. The monoisotopic (exact) mass is 509 g/mol. The summed E-state index contributed by atoms with van der Waals surface area (Å²) in [5.41, 5.74) is 0.364. The van der Waals surface area contributed by atoms with Crippen molar-refractivity contribution in [2.75, 3.05) is 25.3 Å². The zero-order valence-electron chi connectivity index (χ0n) is 17.8. The van der Waals surface area contributed by atoms with E-state index in [0.29, 0.717) is 22.7 Å². The minimum absolute atomic E-state index is 0.0725. The first-order valence-electron chi connectivity index (χ1n) is 9.41. The van der Waals surface area contributed by atoms with Crippen molar-refractivity contribution >= 4 is 44.8 Å². The lowest BCUT2D eigenvalue weighted by atomic mass is 10.2. The second-order valence-electron chi connectivity index (χ2n) is 6.70. The molecule has 0 unspecified atom stereocenters. The fourth-order valence-corrected chi connectivity index (χ4v) is 4.88. The second kappa shape index (κ2) is 10.3. The summed E-state index contributed by atoms with van der Waals surface area (Å²) in [6.45, 7) is 1.74. The van der Waals surface area contributed by atoms with Crippen molar-refractivity contribution in [3.05, 3.63) is 63.5 Å². The van der Waals surface area contributed by atoms with Crippen LogP contribution in [-0.2, 0) is 14.6 Å². The minimum atomic E-state index is -4.11. The number of thioether (sulfide) groups is 1. The van der Waals surface area contributed by atoms with Crippen LogP contribution in [0.1, 0.15) is 5.56 Å². The first-order valence-corrected chi connectivity index (χ1v) is 12.3. The number of methoxy groups -OCH3 is 2. The van der Waals surface area contributed by atoms with Crippen LogP contribution < -0.4 is 20.3 Å². The van der Waals surface area contributed by atoms with Gasteiger partial charge in [0.05, 0.1) is 31.1 Å². The quantitative estimate of drug-likeness (QED) is 0.349. The molecule has 0 aliphatic heterocycles. The number of carbonyl (C=O) groups excluding carboxylic acids is 1. The Labute approximate surface area is 199 Å². The zero-order chi connectivity index (χ0) is 24.2. The van der Waals surface area contributed by atoms with Gasteiger partial charge in [-0.05, 0) is 36.8 Å². The number of nitrogens with zero attached hydrogens (tertiary/aromatic N) is 1. The number of rotatable bonds is 8. The molecule has 12 heteroatoms. The normalized spacial score (nSPS) is 11.2. The number of hydrogen-bond acceptors (Lipinski definition) is 8. The number of anilines is 1. The van der Waals surface area contributed by atoms with Crippen LogP contribution in [0.15, 0.2) is 62.3 Å². The molecule has 0 fully saturated rings. The maximum atomic E-state index is 12.8. The van der Waals surface area contributed by atoms with Gasteiger partial charge in [0.2, 0.25) is 15.7 Å². The van der Waals surface area contributed by atoms with Crippen molar-refractivity contribution in [3.63, 3.8) is 0 Å². The number of sulfone groups is 1. The molecule has 1 amide bonds. The van der Waals surface area contributed by atoms with Crippen LogP contribution in [0.4, 0.5) is 5.69 Å². The summed E-state index contributed by atoms with van der Waals surface area (Å²) < 4.78 is 35.9. The van der Waals surface area contributed by atoms with Crippen molar-refractivity contribution in [3.8, 4) is 11.5 Å². The second-order valence-corrected chi connectivity index (χ2v) is 9.99. The predicted molar refractivity (Wildman–Crippen MR) is 125 cm³/mol. The zero-order valence-corrected chi connectivity index (χ0v) is 20.2. The largest absolute Gasteiger partial charge is 0.493 e. The third-order valence-electron chi connectivity index (χ3n) is 4.49. The van der Waals surface area contributed by atoms with Gasteiger partial charge in [0.1, 0.15) is 0 Å². The highest BCUT2D eigenvalue weighted by Crippen LogP contribution is 2.30. The van der Waals surface area contributed by atoms with Crippen molar-refractivity contribution in [2.45, 2.75) is 21.9 Å². The number of aryl methyl sites for hydroxylation is 1. The maximum Gasteiger partial charge on any atom is 0.270 e. The van der Waals surface area contributed by atoms with Gasteiger partial charge in [-0.2, -0.15) is 0 Å². The number of aromatic amines is 1. The fraction of sp³-hybridized carbons (Fsp3) is 0.190. The van der Waals surface area contributed by atoms with Crippen molar-refractivity contribution in [2.24, 2.45) is 0 Å². The number of nitrogens with one attached hydrogen (secondary N) is 2. The highest BCUT2D eigenvalue weighted by Gasteiger charge is 2.23. The summed E-state index contributed by atoms with van der Waals surface area (Å²) in [5.74, 6) is 0.549. The summed E-state index contributed by atoms with van der Waals surface area (Å²) in [5, 5.41) is 3.07. The summed E-state index contributed by atoms with van der Waals surface area (Å²) in [6, 6.07) is 9.13. The third-order valence-corrected chi connectivity index (χ3v) is 7.53. The molecule has 0 aliphatic rings. The van der Waals surface area contributed by atoms with E-state index in [-0.39, 0.29) is 26.7 Å². The Hall–Kier alpha value is -3.02. The molecule has 2 aromatic carbocycles. The highest BCUT2D eigenvalue weighted by atomic mass is 35.5. The molecule has 3 aromatic rings. The van der Waals surface area contributed by atoms with Crippen molar-refractivity contribution in [1.29, 1.82) is 0 Å². The number of halogens is 1. The van der Waals surface area contributed by atoms with E-state index >= 15 is 0 Å². The lowest BCUT2D eigenvalue weighted by Crippen LogP contribution is -2.20. The average molecular weight is 510 g/mol. The van der Waals surface area contributed by atoms with Crippen molar-refractivity contribution in [1.82, 2.24) is 9.97 Å². The molecule has 1 aromatic heterocycles. The lowest BCUT2D eigenvalue weighted by molar-refractivity contribution is -0.113. The molecule has 0 bridgehead atoms. The van der Waals surface area contributed by atoms with Gasteiger partial charge in [0.25, 0.3) is 5.56 Å². The molecule has 2 N–H and O–H groups in total. The molecule has 0 saturated carbocycles. The molecule has 1 heterocycles. The molecule has 9 nitrogen and oxygen atoms in total. The molecule has 174 valence electrons. The third kappa shape index (κ3) is 5.67. The van der Waals surface area contributed by atoms with Gasteiger partial charge in [-0.25, -0.2) is 13.4 Å². The van der Waals surface area contributed by atoms with Crippen LogP contribution in [0.5, 0.6) is 11.5 Å². The molecule has 0 atom stereocenters. The number of amides is 1. The van der Waals surface area contributed by atoms with Crippen LogP contribution >= 0.6 is 23.4 Å². The van der Waals surface area contributed by atoms with Gasteiger partial charge >= 0.3 is 0 Å². The smallest absolute Gasteiger partial charge is 0.270 e. The molecule has 0 aliphatic carbocycles. The number of hydrogen-bond donors (Lipinski definition) is 2. The molecule has 0 radical (unpaired) electrons. The van der Waals surface area contributed by atoms with Crippen LogP contribution in [0.2, 0.25) is 5.02 Å². The first kappa shape index (κ1) is 24.6. The SMILES string of the molecule is COc1ccc(NC(=O)CSc2ncc(S(=O)(=O)c3ccc(C)c(Cl)c3)c(=O)[nH]2)cc1OC. The van der Waals surface area contributed by atoms with Gasteiger partial charge in [-0.3, -0.25) is 9.59 Å². The Bertz CT molecular complexity index is 1360. The lowest BCUT2D eigenvalue weighted by Gasteiger charge is -2.10. The Kier molecular flexibility index (Phi) is 7.67. The highest BCUT2D eigenvalue weighted by molar-refractivity contribution is 7.99. The van der Waals surface area contributed by atoms with Gasteiger partial charge in [-0.15, -0.1) is 0 Å². The van der Waals surface area contributed by atoms with E-state index < -0.39 is 20.3 Å². The van der Waals surface area contributed by atoms with Gasteiger partial charge in [-0.1, -0.05) is 29.4 Å². The Morgan fingerprint density at radius 2 is 1.88 bits per heavy atom. The van der Waals surface area contributed by atoms with E-state index in [1.165, 1.54) is 26.4 Å². The Morgan fingerprint density at radius 3 is 2.52 bits per heavy atom. The van der Waals surface area contributed by atoms with Crippen molar-refractivity contribution < 1.29 is 22.7 Å². The van der Waals surface area contributed by atoms with Gasteiger partial charge < -0.3 is 19.8 Å². The minimum Gasteiger partial charge on any atom is -0.493 e. The molecular weight excluding hydrogens is 490 g/mol. The summed E-state index contributed by atoms with van der Waals surface area (Å²) in [6.07, 6.45) is 0.969.